The molecule has 3 rings (SSSR count). The predicted molar refractivity (Wildman–Crippen MR) is 83.3 cm³/mol. The molecule has 1 aliphatic carbocycles. The number of aliphatic hydroxyl groups excluding tert-OH is 1. The van der Waals surface area contributed by atoms with Gasteiger partial charge >= 0.3 is 0 Å². The summed E-state index contributed by atoms with van der Waals surface area (Å²) in [4.78, 5) is 15.9. The van der Waals surface area contributed by atoms with Gasteiger partial charge in [0, 0.05) is 35.2 Å². The molecule has 2 aromatic rings. The number of para-hydroxylation sites is 1. The van der Waals surface area contributed by atoms with E-state index in [9.17, 15) is 9.90 Å². The number of benzene rings is 1. The SMILES string of the molecule is Cc1[nH]c2ccccc2c1C(=O)NC1CCCCC1CO. The highest BCUT2D eigenvalue weighted by Gasteiger charge is 2.27. The van der Waals surface area contributed by atoms with Crippen LogP contribution in [0.3, 0.4) is 0 Å². The van der Waals surface area contributed by atoms with Gasteiger partial charge in [0.25, 0.3) is 5.91 Å². The van der Waals surface area contributed by atoms with E-state index in [-0.39, 0.29) is 24.5 Å². The molecule has 0 radical (unpaired) electrons. The van der Waals surface area contributed by atoms with Gasteiger partial charge in [-0.05, 0) is 25.8 Å². The van der Waals surface area contributed by atoms with Crippen LogP contribution in [0, 0.1) is 12.8 Å². The molecule has 112 valence electrons. The summed E-state index contributed by atoms with van der Waals surface area (Å²) in [7, 11) is 0. The van der Waals surface area contributed by atoms with E-state index in [2.05, 4.69) is 10.3 Å². The van der Waals surface area contributed by atoms with Crippen molar-refractivity contribution in [3.05, 3.63) is 35.5 Å². The number of H-pyrrole nitrogens is 1. The molecule has 0 saturated heterocycles. The molecule has 1 amide bonds. The number of carbonyl (C=O) groups is 1. The average molecular weight is 286 g/mol. The van der Waals surface area contributed by atoms with Gasteiger partial charge in [0.05, 0.1) is 5.56 Å². The Labute approximate surface area is 124 Å². The van der Waals surface area contributed by atoms with Gasteiger partial charge in [-0.15, -0.1) is 0 Å². The van der Waals surface area contributed by atoms with Crippen LogP contribution in [0.5, 0.6) is 0 Å². The average Bonchev–Trinajstić information content (AvgIpc) is 2.83. The zero-order chi connectivity index (χ0) is 14.8. The molecule has 4 heteroatoms. The molecular formula is C17H22N2O2. The largest absolute Gasteiger partial charge is 0.396 e. The maximum atomic E-state index is 12.7. The van der Waals surface area contributed by atoms with Crippen LogP contribution < -0.4 is 5.32 Å². The van der Waals surface area contributed by atoms with Gasteiger partial charge in [0.15, 0.2) is 0 Å². The number of hydrogen-bond acceptors (Lipinski definition) is 2. The van der Waals surface area contributed by atoms with Gasteiger partial charge in [-0.25, -0.2) is 0 Å². The maximum Gasteiger partial charge on any atom is 0.253 e. The van der Waals surface area contributed by atoms with Crippen molar-refractivity contribution in [1.29, 1.82) is 0 Å². The molecule has 1 fully saturated rings. The molecular weight excluding hydrogens is 264 g/mol. The van der Waals surface area contributed by atoms with Gasteiger partial charge in [0.1, 0.15) is 0 Å². The van der Waals surface area contributed by atoms with E-state index >= 15 is 0 Å². The first-order valence-electron chi connectivity index (χ1n) is 7.69. The van der Waals surface area contributed by atoms with Crippen molar-refractivity contribution >= 4 is 16.8 Å². The van der Waals surface area contributed by atoms with Crippen LogP contribution >= 0.6 is 0 Å². The van der Waals surface area contributed by atoms with Crippen LogP contribution in [0.1, 0.15) is 41.7 Å². The number of aromatic amines is 1. The molecule has 1 saturated carbocycles. The second-order valence-electron chi connectivity index (χ2n) is 5.98. The zero-order valence-corrected chi connectivity index (χ0v) is 12.4. The number of aliphatic hydroxyl groups is 1. The standard InChI is InChI=1S/C17H22N2O2/c1-11-16(13-7-3-5-9-15(13)18-11)17(21)19-14-8-4-2-6-12(14)10-20/h3,5,7,9,12,14,18,20H,2,4,6,8,10H2,1H3,(H,19,21). The summed E-state index contributed by atoms with van der Waals surface area (Å²) in [5.74, 6) is 0.156. The predicted octanol–water partition coefficient (Wildman–Crippen LogP) is 2.76. The number of rotatable bonds is 3. The molecule has 1 aromatic carbocycles. The van der Waals surface area contributed by atoms with Gasteiger partial charge < -0.3 is 15.4 Å². The van der Waals surface area contributed by atoms with Gasteiger partial charge in [-0.3, -0.25) is 4.79 Å². The third-order valence-corrected chi connectivity index (χ3v) is 4.58. The zero-order valence-electron chi connectivity index (χ0n) is 12.4. The summed E-state index contributed by atoms with van der Waals surface area (Å²) in [6.45, 7) is 2.08. The number of aryl methyl sites for hydroxylation is 1. The Morgan fingerprint density at radius 1 is 1.33 bits per heavy atom. The summed E-state index contributed by atoms with van der Waals surface area (Å²) in [5.41, 5.74) is 2.61. The molecule has 1 heterocycles. The fourth-order valence-corrected chi connectivity index (χ4v) is 3.43. The summed E-state index contributed by atoms with van der Waals surface area (Å²) >= 11 is 0. The second kappa shape index (κ2) is 5.90. The summed E-state index contributed by atoms with van der Waals surface area (Å²) in [6.07, 6.45) is 4.21. The van der Waals surface area contributed by atoms with Gasteiger partial charge in [-0.1, -0.05) is 31.0 Å². The number of nitrogens with one attached hydrogen (secondary N) is 2. The molecule has 4 nitrogen and oxygen atoms in total. The third kappa shape index (κ3) is 2.68. The quantitative estimate of drug-likeness (QED) is 0.812. The lowest BCUT2D eigenvalue weighted by molar-refractivity contribution is 0.0873. The van der Waals surface area contributed by atoms with E-state index in [1.165, 1.54) is 0 Å². The Morgan fingerprint density at radius 2 is 2.10 bits per heavy atom. The van der Waals surface area contributed by atoms with Crippen molar-refractivity contribution in [2.45, 2.75) is 38.6 Å². The first-order chi connectivity index (χ1) is 10.2. The molecule has 2 unspecified atom stereocenters. The Bertz CT molecular complexity index is 647. The van der Waals surface area contributed by atoms with E-state index in [4.69, 9.17) is 0 Å². The molecule has 21 heavy (non-hydrogen) atoms. The van der Waals surface area contributed by atoms with Crippen molar-refractivity contribution < 1.29 is 9.90 Å². The maximum absolute atomic E-state index is 12.7. The first kappa shape index (κ1) is 14.1. The number of carbonyl (C=O) groups excluding carboxylic acids is 1. The highest BCUT2D eigenvalue weighted by molar-refractivity contribution is 6.08. The lowest BCUT2D eigenvalue weighted by Gasteiger charge is -2.30. The molecule has 0 spiro atoms. The molecule has 3 N–H and O–H groups in total. The summed E-state index contributed by atoms with van der Waals surface area (Å²) in [6, 6.07) is 7.95. The van der Waals surface area contributed by atoms with Crippen LogP contribution in [0.4, 0.5) is 0 Å². The normalized spacial score (nSPS) is 22.4. The molecule has 0 bridgehead atoms. The topological polar surface area (TPSA) is 65.1 Å². The fraction of sp³-hybridized carbons (Fsp3) is 0.471. The smallest absolute Gasteiger partial charge is 0.253 e. The Kier molecular flexibility index (Phi) is 3.97. The van der Waals surface area contributed by atoms with E-state index in [1.807, 2.05) is 31.2 Å². The van der Waals surface area contributed by atoms with Crippen LogP contribution in [0.25, 0.3) is 10.9 Å². The van der Waals surface area contributed by atoms with E-state index < -0.39 is 0 Å². The van der Waals surface area contributed by atoms with E-state index in [0.717, 1.165) is 47.8 Å². The van der Waals surface area contributed by atoms with Crippen molar-refractivity contribution in [2.24, 2.45) is 5.92 Å². The van der Waals surface area contributed by atoms with Crippen LogP contribution in [0.15, 0.2) is 24.3 Å². The van der Waals surface area contributed by atoms with Crippen molar-refractivity contribution in [3.8, 4) is 0 Å². The minimum absolute atomic E-state index is 0.0321. The number of hydrogen-bond donors (Lipinski definition) is 3. The lowest BCUT2D eigenvalue weighted by Crippen LogP contribution is -2.43. The molecule has 1 aromatic heterocycles. The summed E-state index contributed by atoms with van der Waals surface area (Å²) < 4.78 is 0. The Morgan fingerprint density at radius 3 is 2.90 bits per heavy atom. The van der Waals surface area contributed by atoms with Crippen molar-refractivity contribution in [2.75, 3.05) is 6.61 Å². The first-order valence-corrected chi connectivity index (χ1v) is 7.69. The summed E-state index contributed by atoms with van der Waals surface area (Å²) in [5, 5.41) is 13.6. The molecule has 2 atom stereocenters. The monoisotopic (exact) mass is 286 g/mol. The van der Waals surface area contributed by atoms with Crippen LogP contribution in [-0.4, -0.2) is 28.6 Å². The molecule has 0 aliphatic heterocycles. The van der Waals surface area contributed by atoms with Gasteiger partial charge in [0.2, 0.25) is 0 Å². The Hall–Kier alpha value is -1.81. The Balaban J connectivity index is 1.85. The van der Waals surface area contributed by atoms with E-state index in [0.29, 0.717) is 0 Å². The number of amides is 1. The highest BCUT2D eigenvalue weighted by Crippen LogP contribution is 2.26. The second-order valence-corrected chi connectivity index (χ2v) is 5.98. The minimum atomic E-state index is -0.0321. The third-order valence-electron chi connectivity index (χ3n) is 4.58. The van der Waals surface area contributed by atoms with E-state index in [1.54, 1.807) is 0 Å². The number of aromatic nitrogens is 1. The van der Waals surface area contributed by atoms with Crippen LogP contribution in [0.2, 0.25) is 0 Å². The molecule has 1 aliphatic rings. The fourth-order valence-electron chi connectivity index (χ4n) is 3.43. The van der Waals surface area contributed by atoms with Crippen molar-refractivity contribution in [1.82, 2.24) is 10.3 Å². The number of fused-ring (bicyclic) bond motifs is 1. The lowest BCUT2D eigenvalue weighted by atomic mass is 9.85. The highest BCUT2D eigenvalue weighted by atomic mass is 16.3. The van der Waals surface area contributed by atoms with Crippen molar-refractivity contribution in [3.63, 3.8) is 0 Å². The minimum Gasteiger partial charge on any atom is -0.396 e. The van der Waals surface area contributed by atoms with Gasteiger partial charge in [-0.2, -0.15) is 0 Å². The van der Waals surface area contributed by atoms with Crippen LogP contribution in [-0.2, 0) is 0 Å².